The van der Waals surface area contributed by atoms with Gasteiger partial charge in [0.15, 0.2) is 5.65 Å². The molecular formula is C17H18N6O2. The van der Waals surface area contributed by atoms with Crippen molar-refractivity contribution in [2.75, 3.05) is 13.1 Å². The molecule has 3 aromatic rings. The number of fused-ring (bicyclic) bond motifs is 1. The number of amides is 1. The van der Waals surface area contributed by atoms with Gasteiger partial charge >= 0.3 is 5.69 Å². The van der Waals surface area contributed by atoms with Gasteiger partial charge in [-0.15, -0.1) is 0 Å². The molecule has 3 aromatic heterocycles. The summed E-state index contributed by atoms with van der Waals surface area (Å²) in [5.41, 5.74) is 1.80. The van der Waals surface area contributed by atoms with Crippen LogP contribution in [0.3, 0.4) is 0 Å². The van der Waals surface area contributed by atoms with Crippen molar-refractivity contribution in [3.05, 3.63) is 53.1 Å². The van der Waals surface area contributed by atoms with Gasteiger partial charge in [0.1, 0.15) is 11.8 Å². The molecule has 0 aliphatic carbocycles. The number of carbonyl (C=O) groups is 1. The van der Waals surface area contributed by atoms with Gasteiger partial charge in [0.25, 0.3) is 5.91 Å². The fourth-order valence-corrected chi connectivity index (χ4v) is 3.45. The van der Waals surface area contributed by atoms with Crippen molar-refractivity contribution in [3.8, 4) is 0 Å². The number of piperidine rings is 1. The molecule has 4 rings (SSSR count). The van der Waals surface area contributed by atoms with Gasteiger partial charge in [0, 0.05) is 38.1 Å². The van der Waals surface area contributed by atoms with Crippen LogP contribution in [0.2, 0.25) is 0 Å². The molecule has 1 saturated heterocycles. The lowest BCUT2D eigenvalue weighted by molar-refractivity contribution is 0.0679. The lowest BCUT2D eigenvalue weighted by atomic mass is 10.0. The average Bonchev–Trinajstić information content (AvgIpc) is 2.93. The van der Waals surface area contributed by atoms with Gasteiger partial charge in [-0.1, -0.05) is 0 Å². The molecule has 4 heterocycles. The maximum absolute atomic E-state index is 12.7. The molecule has 0 bridgehead atoms. The van der Waals surface area contributed by atoms with E-state index in [0.29, 0.717) is 29.8 Å². The number of aryl methyl sites for hydroxylation is 1. The van der Waals surface area contributed by atoms with E-state index in [2.05, 4.69) is 15.0 Å². The molecule has 0 radical (unpaired) electrons. The van der Waals surface area contributed by atoms with Crippen molar-refractivity contribution in [2.45, 2.75) is 18.9 Å². The molecule has 1 aliphatic heterocycles. The van der Waals surface area contributed by atoms with Crippen LogP contribution in [0.15, 0.2) is 41.8 Å². The van der Waals surface area contributed by atoms with Crippen LogP contribution in [0.4, 0.5) is 0 Å². The molecule has 128 valence electrons. The average molecular weight is 338 g/mol. The Morgan fingerprint density at radius 2 is 2.04 bits per heavy atom. The molecule has 0 N–H and O–H groups in total. The topological polar surface area (TPSA) is 85.9 Å². The Kier molecular flexibility index (Phi) is 3.79. The predicted octanol–water partition coefficient (Wildman–Crippen LogP) is 1.00. The minimum absolute atomic E-state index is 0.0324. The van der Waals surface area contributed by atoms with Crippen molar-refractivity contribution in [3.63, 3.8) is 0 Å². The first-order chi connectivity index (χ1) is 12.2. The van der Waals surface area contributed by atoms with E-state index in [0.717, 1.165) is 12.8 Å². The smallest absolute Gasteiger partial charge is 0.330 e. The Labute approximate surface area is 143 Å². The third-order valence-corrected chi connectivity index (χ3v) is 4.73. The molecule has 1 atom stereocenters. The van der Waals surface area contributed by atoms with Crippen LogP contribution in [0.25, 0.3) is 11.2 Å². The molecular weight excluding hydrogens is 320 g/mol. The molecule has 0 spiro atoms. The van der Waals surface area contributed by atoms with Crippen LogP contribution in [0.5, 0.6) is 0 Å². The van der Waals surface area contributed by atoms with E-state index < -0.39 is 0 Å². The van der Waals surface area contributed by atoms with Gasteiger partial charge in [0.05, 0.1) is 12.2 Å². The molecule has 1 amide bonds. The summed E-state index contributed by atoms with van der Waals surface area (Å²) in [4.78, 5) is 39.4. The van der Waals surface area contributed by atoms with Gasteiger partial charge in [-0.05, 0) is 25.0 Å². The number of hydrogen-bond donors (Lipinski definition) is 0. The second-order valence-electron chi connectivity index (χ2n) is 6.23. The Morgan fingerprint density at radius 3 is 2.84 bits per heavy atom. The molecule has 0 saturated carbocycles. The fraction of sp³-hybridized carbons (Fsp3) is 0.353. The number of aromatic nitrogens is 5. The first-order valence-corrected chi connectivity index (χ1v) is 8.23. The number of pyridine rings is 1. The largest absolute Gasteiger partial charge is 0.337 e. The Morgan fingerprint density at radius 1 is 1.24 bits per heavy atom. The van der Waals surface area contributed by atoms with Crippen LogP contribution in [0, 0.1) is 0 Å². The summed E-state index contributed by atoms with van der Waals surface area (Å²) in [6.07, 6.45) is 7.99. The summed E-state index contributed by atoms with van der Waals surface area (Å²) >= 11 is 0. The highest BCUT2D eigenvalue weighted by Crippen LogP contribution is 2.24. The number of carbonyl (C=O) groups excluding carboxylic acids is 1. The van der Waals surface area contributed by atoms with Crippen LogP contribution in [0.1, 0.15) is 29.2 Å². The maximum atomic E-state index is 12.7. The zero-order valence-electron chi connectivity index (χ0n) is 13.9. The number of rotatable bonds is 2. The summed E-state index contributed by atoms with van der Waals surface area (Å²) in [5, 5.41) is 0. The van der Waals surface area contributed by atoms with E-state index >= 15 is 0 Å². The summed E-state index contributed by atoms with van der Waals surface area (Å²) < 4.78 is 3.25. The minimum atomic E-state index is -0.126. The third-order valence-electron chi connectivity index (χ3n) is 4.73. The Hall–Kier alpha value is -3.03. The third kappa shape index (κ3) is 2.59. The first-order valence-electron chi connectivity index (χ1n) is 8.23. The highest BCUT2D eigenvalue weighted by atomic mass is 16.2. The van der Waals surface area contributed by atoms with E-state index in [-0.39, 0.29) is 17.6 Å². The van der Waals surface area contributed by atoms with Crippen molar-refractivity contribution in [1.29, 1.82) is 0 Å². The normalized spacial score (nSPS) is 17.8. The zero-order valence-corrected chi connectivity index (χ0v) is 13.9. The van der Waals surface area contributed by atoms with Crippen LogP contribution < -0.4 is 5.69 Å². The van der Waals surface area contributed by atoms with E-state index in [1.165, 1.54) is 6.33 Å². The number of nitrogens with zero attached hydrogens (tertiary/aromatic N) is 6. The van der Waals surface area contributed by atoms with E-state index in [1.807, 2.05) is 0 Å². The molecule has 8 nitrogen and oxygen atoms in total. The summed E-state index contributed by atoms with van der Waals surface area (Å²) in [7, 11) is 1.72. The van der Waals surface area contributed by atoms with Gasteiger partial charge in [-0.3, -0.25) is 18.9 Å². The molecule has 25 heavy (non-hydrogen) atoms. The van der Waals surface area contributed by atoms with Gasteiger partial charge in [0.2, 0.25) is 0 Å². The van der Waals surface area contributed by atoms with Crippen molar-refractivity contribution >= 4 is 17.1 Å². The minimum Gasteiger partial charge on any atom is -0.337 e. The number of likely N-dealkylation sites (tertiary alicyclic amines) is 1. The number of imidazole rings is 1. The predicted molar refractivity (Wildman–Crippen MR) is 91.2 cm³/mol. The highest BCUT2D eigenvalue weighted by molar-refractivity contribution is 5.94. The lowest BCUT2D eigenvalue weighted by Crippen LogP contribution is -2.43. The zero-order chi connectivity index (χ0) is 17.4. The summed E-state index contributed by atoms with van der Waals surface area (Å²) in [6, 6.07) is 3.33. The van der Waals surface area contributed by atoms with E-state index in [9.17, 15) is 9.59 Å². The SMILES string of the molecule is Cn1c(=O)n(C2CCCN(C(=O)c3ccncc3)C2)c2ncncc21. The second-order valence-corrected chi connectivity index (χ2v) is 6.23. The molecule has 8 heteroatoms. The van der Waals surface area contributed by atoms with Crippen LogP contribution in [-0.2, 0) is 7.05 Å². The summed E-state index contributed by atoms with van der Waals surface area (Å²) in [5.74, 6) is -0.0324. The van der Waals surface area contributed by atoms with Crippen molar-refractivity contribution in [2.24, 2.45) is 7.05 Å². The van der Waals surface area contributed by atoms with E-state index in [1.54, 1.807) is 51.8 Å². The number of hydrogen-bond acceptors (Lipinski definition) is 5. The second kappa shape index (κ2) is 6.12. The fourth-order valence-electron chi connectivity index (χ4n) is 3.45. The standard InChI is InChI=1S/C17H18N6O2/c1-21-14-9-19-11-20-15(14)23(17(21)25)13-3-2-8-22(10-13)16(24)12-4-6-18-7-5-12/h4-7,9,11,13H,2-3,8,10H2,1H3. The quantitative estimate of drug-likeness (QED) is 0.696. The molecule has 1 aliphatic rings. The van der Waals surface area contributed by atoms with Crippen molar-refractivity contribution < 1.29 is 4.79 Å². The summed E-state index contributed by atoms with van der Waals surface area (Å²) in [6.45, 7) is 1.18. The molecule has 1 fully saturated rings. The highest BCUT2D eigenvalue weighted by Gasteiger charge is 2.28. The van der Waals surface area contributed by atoms with Gasteiger partial charge in [-0.25, -0.2) is 14.8 Å². The van der Waals surface area contributed by atoms with Crippen molar-refractivity contribution in [1.82, 2.24) is 29.0 Å². The monoisotopic (exact) mass is 338 g/mol. The lowest BCUT2D eigenvalue weighted by Gasteiger charge is -2.33. The Balaban J connectivity index is 1.68. The van der Waals surface area contributed by atoms with Crippen LogP contribution in [-0.4, -0.2) is 48.0 Å². The Bertz CT molecular complexity index is 978. The van der Waals surface area contributed by atoms with E-state index in [4.69, 9.17) is 0 Å². The molecule has 0 aromatic carbocycles. The van der Waals surface area contributed by atoms with Crippen LogP contribution >= 0.6 is 0 Å². The molecule has 1 unspecified atom stereocenters. The maximum Gasteiger partial charge on any atom is 0.330 e. The first kappa shape index (κ1) is 15.5. The van der Waals surface area contributed by atoms with Gasteiger partial charge in [-0.2, -0.15) is 0 Å². The van der Waals surface area contributed by atoms with Gasteiger partial charge < -0.3 is 4.90 Å².